The van der Waals surface area contributed by atoms with Crippen molar-refractivity contribution < 1.29 is 9.59 Å². The highest BCUT2D eigenvalue weighted by molar-refractivity contribution is 6.31. The number of nitrogens with zero attached hydrogens (tertiary/aromatic N) is 3. The third-order valence-electron chi connectivity index (χ3n) is 8.51. The van der Waals surface area contributed by atoms with Gasteiger partial charge in [0.15, 0.2) is 0 Å². The highest BCUT2D eigenvalue weighted by Gasteiger charge is 2.55. The van der Waals surface area contributed by atoms with Crippen LogP contribution in [0.15, 0.2) is 48.5 Å². The maximum atomic E-state index is 13.9. The summed E-state index contributed by atoms with van der Waals surface area (Å²) < 4.78 is 0. The average Bonchev–Trinajstić information content (AvgIpc) is 3.64. The SMILES string of the molecule is CCCC(=O)N1CCCN(Cc2ccccc2)CCN(C(=O)C2C3CCCCC32)Cc2ccc(Cl)cc21. The summed E-state index contributed by atoms with van der Waals surface area (Å²) >= 11 is 6.45. The normalized spacial score (nSPS) is 24.5. The lowest BCUT2D eigenvalue weighted by molar-refractivity contribution is -0.134. The van der Waals surface area contributed by atoms with Gasteiger partial charge in [-0.1, -0.05) is 67.8 Å². The van der Waals surface area contributed by atoms with Crippen molar-refractivity contribution in [2.45, 2.75) is 65.0 Å². The molecular weight excluding hydrogens is 482 g/mol. The van der Waals surface area contributed by atoms with Gasteiger partial charge in [0.1, 0.15) is 0 Å². The molecule has 2 aromatic rings. The van der Waals surface area contributed by atoms with Crippen LogP contribution in [-0.2, 0) is 22.7 Å². The van der Waals surface area contributed by atoms with Crippen molar-refractivity contribution in [1.29, 1.82) is 0 Å². The van der Waals surface area contributed by atoms with Crippen molar-refractivity contribution in [1.82, 2.24) is 9.80 Å². The Bertz CT molecular complexity index is 1080. The molecule has 5 nitrogen and oxygen atoms in total. The van der Waals surface area contributed by atoms with E-state index in [1.165, 1.54) is 31.2 Å². The highest BCUT2D eigenvalue weighted by atomic mass is 35.5. The number of hydrogen-bond acceptors (Lipinski definition) is 3. The van der Waals surface area contributed by atoms with Crippen molar-refractivity contribution in [3.8, 4) is 0 Å². The minimum absolute atomic E-state index is 0.131. The van der Waals surface area contributed by atoms with Crippen molar-refractivity contribution in [2.75, 3.05) is 31.1 Å². The van der Waals surface area contributed by atoms with Crippen molar-refractivity contribution in [3.05, 3.63) is 64.7 Å². The standard InChI is InChI=1S/C31H40ClN3O2/c1-2-9-29(36)35-17-8-16-33(21-23-10-4-3-5-11-23)18-19-34(22-24-14-15-25(32)20-28(24)35)31(37)30-26-12-6-7-13-27(26)30/h3-5,10-11,14-15,20,26-27,30H,2,6-9,12-13,16-19,21-22H2,1H3. The van der Waals surface area contributed by atoms with Crippen molar-refractivity contribution in [3.63, 3.8) is 0 Å². The van der Waals surface area contributed by atoms with E-state index in [-0.39, 0.29) is 11.8 Å². The van der Waals surface area contributed by atoms with E-state index in [0.29, 0.717) is 48.8 Å². The highest BCUT2D eigenvalue weighted by Crippen LogP contribution is 2.56. The Morgan fingerprint density at radius 1 is 0.919 bits per heavy atom. The van der Waals surface area contributed by atoms with Crippen LogP contribution in [0.3, 0.4) is 0 Å². The van der Waals surface area contributed by atoms with Crippen LogP contribution >= 0.6 is 11.6 Å². The van der Waals surface area contributed by atoms with Crippen LogP contribution in [0.25, 0.3) is 0 Å². The van der Waals surface area contributed by atoms with Gasteiger partial charge in [0.25, 0.3) is 0 Å². The van der Waals surface area contributed by atoms with Crippen LogP contribution in [0.5, 0.6) is 0 Å². The summed E-state index contributed by atoms with van der Waals surface area (Å²) in [5, 5.41) is 0.625. The second-order valence-corrected chi connectivity index (χ2v) is 11.5. The first-order valence-electron chi connectivity index (χ1n) is 14.2. The Morgan fingerprint density at radius 3 is 2.41 bits per heavy atom. The van der Waals surface area contributed by atoms with E-state index in [1.807, 2.05) is 36.1 Å². The predicted octanol–water partition coefficient (Wildman–Crippen LogP) is 6.14. The van der Waals surface area contributed by atoms with Gasteiger partial charge in [-0.15, -0.1) is 0 Å². The van der Waals surface area contributed by atoms with Crippen LogP contribution in [0.4, 0.5) is 5.69 Å². The number of amides is 2. The summed E-state index contributed by atoms with van der Waals surface area (Å²) in [6, 6.07) is 16.4. The molecule has 0 saturated heterocycles. The smallest absolute Gasteiger partial charge is 0.226 e. The molecule has 2 unspecified atom stereocenters. The van der Waals surface area contributed by atoms with Gasteiger partial charge >= 0.3 is 0 Å². The second-order valence-electron chi connectivity index (χ2n) is 11.1. The van der Waals surface area contributed by atoms with E-state index in [4.69, 9.17) is 11.6 Å². The largest absolute Gasteiger partial charge is 0.337 e. The van der Waals surface area contributed by atoms with Crippen LogP contribution in [0.1, 0.15) is 63.0 Å². The fraction of sp³-hybridized carbons (Fsp3) is 0.548. The third-order valence-corrected chi connectivity index (χ3v) is 8.74. The van der Waals surface area contributed by atoms with Crippen molar-refractivity contribution >= 4 is 29.1 Å². The Hall–Kier alpha value is -2.37. The van der Waals surface area contributed by atoms with E-state index in [0.717, 1.165) is 43.7 Å². The molecule has 0 radical (unpaired) electrons. The lowest BCUT2D eigenvalue weighted by Gasteiger charge is -2.29. The molecule has 5 rings (SSSR count). The Balaban J connectivity index is 1.44. The molecule has 2 fully saturated rings. The Labute approximate surface area is 226 Å². The summed E-state index contributed by atoms with van der Waals surface area (Å²) in [5.41, 5.74) is 3.16. The molecule has 37 heavy (non-hydrogen) atoms. The van der Waals surface area contributed by atoms with Gasteiger partial charge in [0.2, 0.25) is 11.8 Å². The molecule has 2 atom stereocenters. The van der Waals surface area contributed by atoms with E-state index in [2.05, 4.69) is 34.1 Å². The van der Waals surface area contributed by atoms with Crippen LogP contribution < -0.4 is 4.90 Å². The third kappa shape index (κ3) is 6.21. The number of rotatable bonds is 5. The van der Waals surface area contributed by atoms with Gasteiger partial charge in [0.05, 0.1) is 5.69 Å². The van der Waals surface area contributed by atoms with E-state index in [1.54, 1.807) is 0 Å². The van der Waals surface area contributed by atoms with Gasteiger partial charge in [0, 0.05) is 56.6 Å². The molecule has 0 bridgehead atoms. The molecule has 2 aliphatic carbocycles. The maximum absolute atomic E-state index is 13.9. The minimum atomic E-state index is 0.131. The summed E-state index contributed by atoms with van der Waals surface area (Å²) in [5.74, 6) is 1.78. The van der Waals surface area contributed by atoms with Crippen LogP contribution in [0, 0.1) is 17.8 Å². The Kier molecular flexibility index (Phi) is 8.51. The van der Waals surface area contributed by atoms with E-state index < -0.39 is 0 Å². The first-order valence-corrected chi connectivity index (χ1v) is 14.6. The van der Waals surface area contributed by atoms with Gasteiger partial charge < -0.3 is 9.80 Å². The summed E-state index contributed by atoms with van der Waals surface area (Å²) in [6.07, 6.45) is 7.08. The number of carbonyl (C=O) groups is 2. The molecule has 0 spiro atoms. The molecule has 2 amide bonds. The molecule has 0 aromatic heterocycles. The predicted molar refractivity (Wildman–Crippen MR) is 149 cm³/mol. The van der Waals surface area contributed by atoms with E-state index >= 15 is 0 Å². The van der Waals surface area contributed by atoms with E-state index in [9.17, 15) is 9.59 Å². The fourth-order valence-electron chi connectivity index (χ4n) is 6.52. The summed E-state index contributed by atoms with van der Waals surface area (Å²) in [6.45, 7) is 6.46. The molecule has 2 aromatic carbocycles. The zero-order valence-electron chi connectivity index (χ0n) is 22.1. The lowest BCUT2D eigenvalue weighted by Crippen LogP contribution is -2.39. The maximum Gasteiger partial charge on any atom is 0.226 e. The number of fused-ring (bicyclic) bond motifs is 2. The van der Waals surface area contributed by atoms with Crippen molar-refractivity contribution in [2.24, 2.45) is 17.8 Å². The van der Waals surface area contributed by atoms with Gasteiger partial charge in [-0.3, -0.25) is 14.5 Å². The molecule has 1 heterocycles. The molecule has 2 saturated carbocycles. The molecule has 0 N–H and O–H groups in total. The summed E-state index contributed by atoms with van der Waals surface area (Å²) in [4.78, 5) is 33.7. The Morgan fingerprint density at radius 2 is 1.68 bits per heavy atom. The zero-order valence-corrected chi connectivity index (χ0v) is 22.8. The molecule has 6 heteroatoms. The molecule has 198 valence electrons. The topological polar surface area (TPSA) is 43.9 Å². The quantitative estimate of drug-likeness (QED) is 0.474. The lowest BCUT2D eigenvalue weighted by atomic mass is 10.0. The molecule has 1 aliphatic heterocycles. The van der Waals surface area contributed by atoms with Crippen LogP contribution in [-0.4, -0.2) is 47.8 Å². The molecule has 3 aliphatic rings. The monoisotopic (exact) mass is 521 g/mol. The number of anilines is 1. The minimum Gasteiger partial charge on any atom is -0.337 e. The fourth-order valence-corrected chi connectivity index (χ4v) is 6.68. The number of benzene rings is 2. The average molecular weight is 522 g/mol. The van der Waals surface area contributed by atoms with Gasteiger partial charge in [-0.05, 0) is 60.8 Å². The number of halogens is 1. The molecular formula is C31H40ClN3O2. The first-order chi connectivity index (χ1) is 18.0. The summed E-state index contributed by atoms with van der Waals surface area (Å²) in [7, 11) is 0. The number of hydrogen-bond donors (Lipinski definition) is 0. The second kappa shape index (κ2) is 12.0. The first kappa shape index (κ1) is 26.2. The van der Waals surface area contributed by atoms with Gasteiger partial charge in [-0.25, -0.2) is 0 Å². The zero-order chi connectivity index (χ0) is 25.8. The van der Waals surface area contributed by atoms with Crippen LogP contribution in [0.2, 0.25) is 5.02 Å². The number of carbonyl (C=O) groups excluding carboxylic acids is 2. The van der Waals surface area contributed by atoms with Gasteiger partial charge in [-0.2, -0.15) is 0 Å².